The van der Waals surface area contributed by atoms with Gasteiger partial charge >= 0.3 is 0 Å². The Kier molecular flexibility index (Phi) is 5.66. The molecule has 7 heteroatoms. The van der Waals surface area contributed by atoms with Crippen molar-refractivity contribution in [2.45, 2.75) is 0 Å². The second kappa shape index (κ2) is 7.93. The van der Waals surface area contributed by atoms with Crippen LogP contribution in [0, 0.1) is 5.82 Å². The van der Waals surface area contributed by atoms with E-state index in [1.165, 1.54) is 18.2 Å². The van der Waals surface area contributed by atoms with Crippen LogP contribution in [0.25, 0.3) is 0 Å². The van der Waals surface area contributed by atoms with Gasteiger partial charge in [0, 0.05) is 43.0 Å². The fraction of sp³-hybridized carbons (Fsp3) is 0.278. The molecule has 0 atom stereocenters. The molecule has 0 N–H and O–H groups in total. The molecule has 0 unspecified atom stereocenters. The van der Waals surface area contributed by atoms with Gasteiger partial charge in [0.2, 0.25) is 0 Å². The van der Waals surface area contributed by atoms with Gasteiger partial charge in [0.25, 0.3) is 5.91 Å². The molecule has 132 valence electrons. The number of hydrogen-bond donors (Lipinski definition) is 0. The SMILES string of the molecule is O=C(COc1ccc(F)c(Cl)c1)N1CCN(c2cccc(Cl)c2)CC1. The van der Waals surface area contributed by atoms with Crippen molar-refractivity contribution in [3.05, 3.63) is 58.3 Å². The van der Waals surface area contributed by atoms with Gasteiger partial charge in [0.15, 0.2) is 6.61 Å². The van der Waals surface area contributed by atoms with Crippen LogP contribution in [0.2, 0.25) is 10.0 Å². The molecule has 3 rings (SSSR count). The Hall–Kier alpha value is -1.98. The molecule has 1 aliphatic rings. The number of carbonyl (C=O) groups is 1. The Labute approximate surface area is 155 Å². The summed E-state index contributed by atoms with van der Waals surface area (Å²) >= 11 is 11.7. The summed E-state index contributed by atoms with van der Waals surface area (Å²) in [7, 11) is 0. The number of benzene rings is 2. The lowest BCUT2D eigenvalue weighted by Gasteiger charge is -2.36. The van der Waals surface area contributed by atoms with Crippen molar-refractivity contribution < 1.29 is 13.9 Å². The lowest BCUT2D eigenvalue weighted by Crippen LogP contribution is -2.50. The highest BCUT2D eigenvalue weighted by Crippen LogP contribution is 2.22. The normalized spacial score (nSPS) is 14.5. The van der Waals surface area contributed by atoms with Gasteiger partial charge in [-0.25, -0.2) is 4.39 Å². The minimum Gasteiger partial charge on any atom is -0.484 e. The summed E-state index contributed by atoms with van der Waals surface area (Å²) < 4.78 is 18.5. The predicted octanol–water partition coefficient (Wildman–Crippen LogP) is 3.86. The van der Waals surface area contributed by atoms with Gasteiger partial charge in [-0.15, -0.1) is 0 Å². The predicted molar refractivity (Wildman–Crippen MR) is 97.2 cm³/mol. The summed E-state index contributed by atoms with van der Waals surface area (Å²) in [5.74, 6) is -0.249. The van der Waals surface area contributed by atoms with E-state index in [0.717, 1.165) is 18.8 Å². The van der Waals surface area contributed by atoms with E-state index in [4.69, 9.17) is 27.9 Å². The van der Waals surface area contributed by atoms with Crippen molar-refractivity contribution in [2.75, 3.05) is 37.7 Å². The molecule has 1 saturated heterocycles. The van der Waals surface area contributed by atoms with E-state index in [2.05, 4.69) is 4.90 Å². The summed E-state index contributed by atoms with van der Waals surface area (Å²) in [6.45, 7) is 2.58. The largest absolute Gasteiger partial charge is 0.484 e. The molecular weight excluding hydrogens is 366 g/mol. The molecular formula is C18H17Cl2FN2O2. The molecule has 25 heavy (non-hydrogen) atoms. The monoisotopic (exact) mass is 382 g/mol. The zero-order valence-electron chi connectivity index (χ0n) is 13.4. The van der Waals surface area contributed by atoms with Gasteiger partial charge in [-0.3, -0.25) is 4.79 Å². The van der Waals surface area contributed by atoms with Crippen LogP contribution in [0.5, 0.6) is 5.75 Å². The Morgan fingerprint density at radius 3 is 2.52 bits per heavy atom. The number of hydrogen-bond acceptors (Lipinski definition) is 3. The summed E-state index contributed by atoms with van der Waals surface area (Å²) in [6.07, 6.45) is 0. The number of carbonyl (C=O) groups excluding carboxylic acids is 1. The van der Waals surface area contributed by atoms with Crippen molar-refractivity contribution in [3.63, 3.8) is 0 Å². The van der Waals surface area contributed by atoms with Crippen molar-refractivity contribution in [1.82, 2.24) is 4.90 Å². The molecule has 1 fully saturated rings. The molecule has 2 aromatic carbocycles. The van der Waals surface area contributed by atoms with E-state index in [-0.39, 0.29) is 17.5 Å². The van der Waals surface area contributed by atoms with E-state index >= 15 is 0 Å². The number of amides is 1. The topological polar surface area (TPSA) is 32.8 Å². The van der Waals surface area contributed by atoms with Crippen LogP contribution in [0.4, 0.5) is 10.1 Å². The maximum absolute atomic E-state index is 13.1. The van der Waals surface area contributed by atoms with E-state index < -0.39 is 5.82 Å². The first kappa shape index (κ1) is 17.8. The third-order valence-electron chi connectivity index (χ3n) is 4.06. The first-order valence-electron chi connectivity index (χ1n) is 7.89. The van der Waals surface area contributed by atoms with Crippen molar-refractivity contribution >= 4 is 34.8 Å². The Morgan fingerprint density at radius 1 is 1.08 bits per heavy atom. The van der Waals surface area contributed by atoms with Crippen LogP contribution in [0.15, 0.2) is 42.5 Å². The van der Waals surface area contributed by atoms with Crippen molar-refractivity contribution in [3.8, 4) is 5.75 Å². The van der Waals surface area contributed by atoms with Crippen molar-refractivity contribution in [2.24, 2.45) is 0 Å². The lowest BCUT2D eigenvalue weighted by molar-refractivity contribution is -0.133. The Morgan fingerprint density at radius 2 is 1.84 bits per heavy atom. The minimum atomic E-state index is -0.516. The fourth-order valence-electron chi connectivity index (χ4n) is 2.69. The zero-order chi connectivity index (χ0) is 17.8. The maximum atomic E-state index is 13.1. The Bertz CT molecular complexity index is 764. The number of nitrogens with zero attached hydrogens (tertiary/aromatic N) is 2. The molecule has 0 aliphatic carbocycles. The van der Waals surface area contributed by atoms with Gasteiger partial charge in [-0.2, -0.15) is 0 Å². The van der Waals surface area contributed by atoms with E-state index in [0.29, 0.717) is 23.9 Å². The van der Waals surface area contributed by atoms with Crippen LogP contribution in [0.3, 0.4) is 0 Å². The summed E-state index contributed by atoms with van der Waals surface area (Å²) in [4.78, 5) is 16.2. The molecule has 1 heterocycles. The number of anilines is 1. The highest BCUT2D eigenvalue weighted by atomic mass is 35.5. The average Bonchev–Trinajstić information content (AvgIpc) is 2.62. The molecule has 1 aliphatic heterocycles. The molecule has 4 nitrogen and oxygen atoms in total. The summed E-state index contributed by atoms with van der Waals surface area (Å²) in [5, 5.41) is 0.669. The molecule has 1 amide bonds. The smallest absolute Gasteiger partial charge is 0.260 e. The lowest BCUT2D eigenvalue weighted by atomic mass is 10.2. The van der Waals surface area contributed by atoms with Crippen LogP contribution >= 0.6 is 23.2 Å². The molecule has 2 aromatic rings. The number of halogens is 3. The van der Waals surface area contributed by atoms with Gasteiger partial charge in [-0.1, -0.05) is 29.3 Å². The van der Waals surface area contributed by atoms with Crippen LogP contribution in [-0.4, -0.2) is 43.6 Å². The van der Waals surface area contributed by atoms with Gasteiger partial charge in [0.05, 0.1) is 5.02 Å². The molecule has 0 aromatic heterocycles. The second-order valence-electron chi connectivity index (χ2n) is 5.71. The van der Waals surface area contributed by atoms with E-state index in [1.807, 2.05) is 24.3 Å². The first-order valence-corrected chi connectivity index (χ1v) is 8.64. The standard InChI is InChI=1S/C18H17Cl2FN2O2/c19-13-2-1-3-14(10-13)22-6-8-23(9-7-22)18(24)12-25-15-4-5-17(21)16(20)11-15/h1-5,10-11H,6-9,12H2. The van der Waals surface area contributed by atoms with E-state index in [9.17, 15) is 9.18 Å². The quantitative estimate of drug-likeness (QED) is 0.804. The van der Waals surface area contributed by atoms with Crippen LogP contribution in [0.1, 0.15) is 0 Å². The van der Waals surface area contributed by atoms with Crippen LogP contribution < -0.4 is 9.64 Å². The maximum Gasteiger partial charge on any atom is 0.260 e. The van der Waals surface area contributed by atoms with Gasteiger partial charge < -0.3 is 14.5 Å². The number of rotatable bonds is 4. The molecule has 0 saturated carbocycles. The first-order chi connectivity index (χ1) is 12.0. The molecule has 0 radical (unpaired) electrons. The Balaban J connectivity index is 1.50. The van der Waals surface area contributed by atoms with Crippen molar-refractivity contribution in [1.29, 1.82) is 0 Å². The zero-order valence-corrected chi connectivity index (χ0v) is 14.9. The van der Waals surface area contributed by atoms with Crippen LogP contribution in [-0.2, 0) is 4.79 Å². The summed E-state index contributed by atoms with van der Waals surface area (Å²) in [6, 6.07) is 11.7. The third kappa shape index (κ3) is 4.55. The summed E-state index contributed by atoms with van der Waals surface area (Å²) in [5.41, 5.74) is 1.05. The van der Waals surface area contributed by atoms with Gasteiger partial charge in [0.1, 0.15) is 11.6 Å². The highest BCUT2D eigenvalue weighted by Gasteiger charge is 2.21. The fourth-order valence-corrected chi connectivity index (χ4v) is 3.04. The van der Waals surface area contributed by atoms with E-state index in [1.54, 1.807) is 4.90 Å². The minimum absolute atomic E-state index is 0.0277. The second-order valence-corrected chi connectivity index (χ2v) is 6.56. The molecule has 0 bridgehead atoms. The third-order valence-corrected chi connectivity index (χ3v) is 4.58. The number of piperazine rings is 1. The average molecular weight is 383 g/mol. The van der Waals surface area contributed by atoms with Gasteiger partial charge in [-0.05, 0) is 30.3 Å². The highest BCUT2D eigenvalue weighted by molar-refractivity contribution is 6.31. The molecule has 0 spiro atoms. The number of ether oxygens (including phenoxy) is 1.